The van der Waals surface area contributed by atoms with Crippen LogP contribution in [-0.2, 0) is 5.41 Å². The summed E-state index contributed by atoms with van der Waals surface area (Å²) >= 11 is 1.44. The second-order valence-corrected chi connectivity index (χ2v) is 6.55. The van der Waals surface area contributed by atoms with Crippen molar-refractivity contribution in [2.45, 2.75) is 33.1 Å². The first kappa shape index (κ1) is 15.4. The molecule has 112 valence electrons. The molecule has 2 aromatic heterocycles. The molecule has 0 bridgehead atoms. The molecule has 0 aliphatic carbocycles. The number of rotatable bonds is 4. The second kappa shape index (κ2) is 6.22. The number of aromatic nitrogens is 2. The van der Waals surface area contributed by atoms with Gasteiger partial charge in [-0.05, 0) is 13.0 Å². The average molecular weight is 304 g/mol. The van der Waals surface area contributed by atoms with Crippen LogP contribution in [0.2, 0.25) is 0 Å². The minimum Gasteiger partial charge on any atom is -0.383 e. The molecule has 2 heterocycles. The van der Waals surface area contributed by atoms with Gasteiger partial charge in [-0.25, -0.2) is 4.98 Å². The number of amides is 1. The molecule has 0 unspecified atom stereocenters. The summed E-state index contributed by atoms with van der Waals surface area (Å²) in [5.74, 6) is -0.178. The van der Waals surface area contributed by atoms with Crippen LogP contribution in [0.1, 0.15) is 43.7 Å². The minimum absolute atomic E-state index is 0.0227. The first-order chi connectivity index (χ1) is 9.91. The molecule has 5 nitrogen and oxygen atoms in total. The number of pyridine rings is 1. The third-order valence-corrected chi connectivity index (χ3v) is 3.68. The van der Waals surface area contributed by atoms with Crippen LogP contribution in [0.25, 0.3) is 0 Å². The van der Waals surface area contributed by atoms with Crippen LogP contribution in [0.4, 0.5) is 10.8 Å². The fourth-order valence-electron chi connectivity index (χ4n) is 1.76. The normalized spacial score (nSPS) is 11.2. The van der Waals surface area contributed by atoms with Crippen molar-refractivity contribution >= 4 is 28.1 Å². The van der Waals surface area contributed by atoms with Crippen molar-refractivity contribution in [3.8, 4) is 0 Å². The van der Waals surface area contributed by atoms with Crippen LogP contribution in [0.3, 0.4) is 0 Å². The quantitative estimate of drug-likeness (QED) is 0.907. The Kier molecular flexibility index (Phi) is 4.57. The molecule has 0 radical (unpaired) electrons. The lowest BCUT2D eigenvalue weighted by Crippen LogP contribution is -2.16. The van der Waals surface area contributed by atoms with Gasteiger partial charge in [0.15, 0.2) is 5.13 Å². The Hall–Kier alpha value is -1.95. The second-order valence-electron chi connectivity index (χ2n) is 5.69. The van der Waals surface area contributed by atoms with Crippen LogP contribution in [0.15, 0.2) is 23.8 Å². The molecule has 0 aliphatic rings. The Morgan fingerprint density at radius 2 is 2.14 bits per heavy atom. The molecule has 6 heteroatoms. The summed E-state index contributed by atoms with van der Waals surface area (Å²) in [5.41, 5.74) is 2.25. The van der Waals surface area contributed by atoms with Crippen molar-refractivity contribution in [2.24, 2.45) is 0 Å². The summed E-state index contributed by atoms with van der Waals surface area (Å²) in [6, 6.07) is 1.70. The fraction of sp³-hybridized carbons (Fsp3) is 0.400. The molecule has 2 N–H and O–H groups in total. The fourth-order valence-corrected chi connectivity index (χ4v) is 2.70. The highest BCUT2D eigenvalue weighted by molar-refractivity contribution is 7.14. The number of anilines is 2. The third-order valence-electron chi connectivity index (χ3n) is 2.93. The van der Waals surface area contributed by atoms with E-state index in [0.717, 1.165) is 17.9 Å². The zero-order chi connectivity index (χ0) is 15.5. The van der Waals surface area contributed by atoms with E-state index in [1.807, 2.05) is 12.3 Å². The maximum Gasteiger partial charge on any atom is 0.259 e. The highest BCUT2D eigenvalue weighted by Gasteiger charge is 2.19. The Balaban J connectivity index is 2.17. The van der Waals surface area contributed by atoms with E-state index >= 15 is 0 Å². The van der Waals surface area contributed by atoms with Gasteiger partial charge in [0.1, 0.15) is 0 Å². The Morgan fingerprint density at radius 1 is 1.38 bits per heavy atom. The maximum absolute atomic E-state index is 12.4. The zero-order valence-corrected chi connectivity index (χ0v) is 13.5. The smallest absolute Gasteiger partial charge is 0.259 e. The van der Waals surface area contributed by atoms with Gasteiger partial charge in [0.05, 0.1) is 23.1 Å². The van der Waals surface area contributed by atoms with Crippen LogP contribution in [0.5, 0.6) is 0 Å². The van der Waals surface area contributed by atoms with E-state index in [-0.39, 0.29) is 11.3 Å². The molecule has 0 saturated carbocycles. The third kappa shape index (κ3) is 3.78. The molecular weight excluding hydrogens is 284 g/mol. The molecule has 0 atom stereocenters. The molecule has 0 aromatic carbocycles. The van der Waals surface area contributed by atoms with Crippen LogP contribution >= 0.6 is 11.3 Å². The van der Waals surface area contributed by atoms with Crippen LogP contribution in [0, 0.1) is 0 Å². The summed E-state index contributed by atoms with van der Waals surface area (Å²) in [4.78, 5) is 20.9. The van der Waals surface area contributed by atoms with Crippen molar-refractivity contribution in [3.63, 3.8) is 0 Å². The van der Waals surface area contributed by atoms with Gasteiger partial charge in [0.25, 0.3) is 5.91 Å². The summed E-state index contributed by atoms with van der Waals surface area (Å²) in [6.07, 6.45) is 3.26. The summed E-state index contributed by atoms with van der Waals surface area (Å²) in [6.45, 7) is 9.00. The van der Waals surface area contributed by atoms with Gasteiger partial charge >= 0.3 is 0 Å². The molecule has 2 rings (SSSR count). The van der Waals surface area contributed by atoms with Gasteiger partial charge in [0.2, 0.25) is 0 Å². The Bertz CT molecular complexity index is 631. The van der Waals surface area contributed by atoms with Gasteiger partial charge in [-0.3, -0.25) is 15.1 Å². The number of carbonyl (C=O) groups excluding carboxylic acids is 1. The predicted octanol–water partition coefficient (Wildman–Crippen LogP) is 3.52. The molecule has 1 amide bonds. The topological polar surface area (TPSA) is 66.9 Å². The monoisotopic (exact) mass is 304 g/mol. The van der Waals surface area contributed by atoms with Gasteiger partial charge in [-0.1, -0.05) is 20.8 Å². The van der Waals surface area contributed by atoms with E-state index in [4.69, 9.17) is 0 Å². The van der Waals surface area contributed by atoms with E-state index < -0.39 is 0 Å². The number of thiazole rings is 1. The van der Waals surface area contributed by atoms with Gasteiger partial charge in [-0.15, -0.1) is 11.3 Å². The first-order valence-corrected chi connectivity index (χ1v) is 7.75. The average Bonchev–Trinajstić information content (AvgIpc) is 2.88. The Labute approximate surface area is 128 Å². The maximum atomic E-state index is 12.4. The van der Waals surface area contributed by atoms with Gasteiger partial charge < -0.3 is 5.32 Å². The molecular formula is C15H20N4OS. The molecule has 2 aromatic rings. The van der Waals surface area contributed by atoms with Crippen molar-refractivity contribution in [3.05, 3.63) is 35.1 Å². The lowest BCUT2D eigenvalue weighted by atomic mass is 9.93. The lowest BCUT2D eigenvalue weighted by molar-refractivity contribution is 0.102. The SMILES string of the molecule is CCNc1cnccc1C(=O)Nc1nc(C(C)(C)C)cs1. The molecule has 21 heavy (non-hydrogen) atoms. The number of hydrogen-bond acceptors (Lipinski definition) is 5. The number of hydrogen-bond donors (Lipinski definition) is 2. The molecule has 0 spiro atoms. The van der Waals surface area contributed by atoms with E-state index in [1.165, 1.54) is 11.3 Å². The van der Waals surface area contributed by atoms with Crippen molar-refractivity contribution in [1.82, 2.24) is 9.97 Å². The summed E-state index contributed by atoms with van der Waals surface area (Å²) in [5, 5.41) is 8.58. The van der Waals surface area contributed by atoms with E-state index in [2.05, 4.69) is 41.4 Å². The van der Waals surface area contributed by atoms with E-state index in [9.17, 15) is 4.79 Å². The van der Waals surface area contributed by atoms with Crippen molar-refractivity contribution in [1.29, 1.82) is 0 Å². The molecule has 0 aliphatic heterocycles. The van der Waals surface area contributed by atoms with E-state index in [0.29, 0.717) is 10.7 Å². The van der Waals surface area contributed by atoms with Crippen LogP contribution < -0.4 is 10.6 Å². The summed E-state index contributed by atoms with van der Waals surface area (Å²) in [7, 11) is 0. The van der Waals surface area contributed by atoms with Crippen LogP contribution in [-0.4, -0.2) is 22.4 Å². The lowest BCUT2D eigenvalue weighted by Gasteiger charge is -2.14. The largest absolute Gasteiger partial charge is 0.383 e. The van der Waals surface area contributed by atoms with Gasteiger partial charge in [-0.2, -0.15) is 0 Å². The highest BCUT2D eigenvalue weighted by atomic mass is 32.1. The van der Waals surface area contributed by atoms with Crippen molar-refractivity contribution < 1.29 is 4.79 Å². The van der Waals surface area contributed by atoms with Crippen molar-refractivity contribution in [2.75, 3.05) is 17.2 Å². The minimum atomic E-state index is -0.178. The first-order valence-electron chi connectivity index (χ1n) is 6.87. The van der Waals surface area contributed by atoms with E-state index in [1.54, 1.807) is 18.5 Å². The number of nitrogens with zero attached hydrogens (tertiary/aromatic N) is 2. The van der Waals surface area contributed by atoms with Gasteiger partial charge in [0, 0.05) is 23.5 Å². The number of nitrogens with one attached hydrogen (secondary N) is 2. The zero-order valence-electron chi connectivity index (χ0n) is 12.7. The molecule has 0 saturated heterocycles. The number of carbonyl (C=O) groups is 1. The predicted molar refractivity (Wildman–Crippen MR) is 87.2 cm³/mol. The highest BCUT2D eigenvalue weighted by Crippen LogP contribution is 2.27. The Morgan fingerprint density at radius 3 is 2.76 bits per heavy atom. The standard InChI is InChI=1S/C15H20N4OS/c1-5-17-11-8-16-7-6-10(11)13(20)19-14-18-12(9-21-14)15(2,3)4/h6-9,17H,5H2,1-4H3,(H,18,19,20). The summed E-state index contributed by atoms with van der Waals surface area (Å²) < 4.78 is 0. The molecule has 0 fully saturated rings.